The molecule has 28 heavy (non-hydrogen) atoms. The molecule has 0 radical (unpaired) electrons. The molecule has 0 fully saturated rings. The molecule has 1 atom stereocenters. The number of rotatable bonds is 4. The van der Waals surface area contributed by atoms with Gasteiger partial charge in [0.1, 0.15) is 0 Å². The van der Waals surface area contributed by atoms with Gasteiger partial charge < -0.3 is 4.74 Å². The Hall–Kier alpha value is -2.77. The van der Waals surface area contributed by atoms with E-state index in [1.54, 1.807) is 29.8 Å². The molecular formula is C21H18N2O3S2. The van der Waals surface area contributed by atoms with Gasteiger partial charge in [-0.15, -0.1) is 0 Å². The second kappa shape index (κ2) is 7.69. The molecule has 4 rings (SSSR count). The molecular weight excluding hydrogens is 392 g/mol. The number of aromatic nitrogens is 1. The van der Waals surface area contributed by atoms with Crippen molar-refractivity contribution >= 4 is 34.7 Å². The third kappa shape index (κ3) is 3.27. The molecule has 3 heterocycles. The van der Waals surface area contributed by atoms with Crippen LogP contribution in [0.3, 0.4) is 0 Å². The monoisotopic (exact) mass is 410 g/mol. The number of thiazole rings is 1. The number of hydrogen-bond acceptors (Lipinski definition) is 6. The van der Waals surface area contributed by atoms with Crippen molar-refractivity contribution in [3.63, 3.8) is 0 Å². The van der Waals surface area contributed by atoms with Crippen molar-refractivity contribution in [2.24, 2.45) is 4.99 Å². The first kappa shape index (κ1) is 18.6. The van der Waals surface area contributed by atoms with Crippen molar-refractivity contribution in [2.45, 2.75) is 19.9 Å². The zero-order valence-electron chi connectivity index (χ0n) is 15.4. The minimum atomic E-state index is -0.555. The highest BCUT2D eigenvalue weighted by atomic mass is 32.1. The van der Waals surface area contributed by atoms with E-state index in [0.29, 0.717) is 20.6 Å². The second-order valence-electron chi connectivity index (χ2n) is 6.27. The van der Waals surface area contributed by atoms with Crippen molar-refractivity contribution in [3.8, 4) is 0 Å². The molecule has 0 amide bonds. The Kier molecular flexibility index (Phi) is 5.11. The highest BCUT2D eigenvalue weighted by Gasteiger charge is 2.33. The number of carbonyl (C=O) groups is 1. The van der Waals surface area contributed by atoms with E-state index in [1.807, 2.05) is 53.2 Å². The summed E-state index contributed by atoms with van der Waals surface area (Å²) in [5.74, 6) is -0.440. The number of benzene rings is 1. The van der Waals surface area contributed by atoms with Gasteiger partial charge in [0.05, 0.1) is 28.5 Å². The van der Waals surface area contributed by atoms with Crippen molar-refractivity contribution < 1.29 is 9.53 Å². The molecule has 0 spiro atoms. The van der Waals surface area contributed by atoms with Gasteiger partial charge in [-0.2, -0.15) is 11.3 Å². The van der Waals surface area contributed by atoms with Gasteiger partial charge in [0.2, 0.25) is 0 Å². The number of hydrogen-bond donors (Lipinski definition) is 0. The summed E-state index contributed by atoms with van der Waals surface area (Å²) >= 11 is 2.91. The Morgan fingerprint density at radius 1 is 1.29 bits per heavy atom. The van der Waals surface area contributed by atoms with E-state index >= 15 is 0 Å². The van der Waals surface area contributed by atoms with Crippen molar-refractivity contribution in [1.82, 2.24) is 4.57 Å². The fourth-order valence-electron chi connectivity index (χ4n) is 3.25. The van der Waals surface area contributed by atoms with Crippen LogP contribution in [0.2, 0.25) is 0 Å². The van der Waals surface area contributed by atoms with Crippen molar-refractivity contribution in [1.29, 1.82) is 0 Å². The Labute approximate surface area is 169 Å². The Morgan fingerprint density at radius 3 is 2.75 bits per heavy atom. The maximum absolute atomic E-state index is 13.3. The molecule has 1 aromatic carbocycles. The number of ether oxygens (including phenoxy) is 1. The van der Waals surface area contributed by atoms with Crippen LogP contribution in [0, 0.1) is 0 Å². The lowest BCUT2D eigenvalue weighted by molar-refractivity contribution is -0.139. The summed E-state index contributed by atoms with van der Waals surface area (Å²) in [4.78, 5) is 31.1. The number of thiophene rings is 1. The van der Waals surface area contributed by atoms with Crippen LogP contribution in [0.1, 0.15) is 31.0 Å². The van der Waals surface area contributed by atoms with Crippen LogP contribution in [0.5, 0.6) is 0 Å². The fourth-order valence-corrected chi connectivity index (χ4v) is 4.92. The number of carbonyl (C=O) groups excluding carboxylic acids is 1. The molecule has 1 aliphatic rings. The lowest BCUT2D eigenvalue weighted by Crippen LogP contribution is -2.39. The van der Waals surface area contributed by atoms with E-state index in [0.717, 1.165) is 11.1 Å². The van der Waals surface area contributed by atoms with Gasteiger partial charge in [-0.3, -0.25) is 9.36 Å². The minimum absolute atomic E-state index is 0.155. The summed E-state index contributed by atoms with van der Waals surface area (Å²) in [6.07, 6.45) is 1.87. The number of fused-ring (bicyclic) bond motifs is 1. The summed E-state index contributed by atoms with van der Waals surface area (Å²) in [7, 11) is 0. The highest BCUT2D eigenvalue weighted by molar-refractivity contribution is 7.08. The normalized spacial score (nSPS) is 16.6. The van der Waals surface area contributed by atoms with Crippen molar-refractivity contribution in [2.75, 3.05) is 6.61 Å². The van der Waals surface area contributed by atoms with Gasteiger partial charge in [0.15, 0.2) is 4.80 Å². The molecule has 0 saturated heterocycles. The Bertz CT molecular complexity index is 1220. The zero-order chi connectivity index (χ0) is 19.7. The molecule has 0 N–H and O–H groups in total. The molecule has 2 aromatic heterocycles. The number of allylic oxidation sites excluding steroid dienone is 1. The summed E-state index contributed by atoms with van der Waals surface area (Å²) in [6.45, 7) is 3.82. The average molecular weight is 411 g/mol. The molecule has 3 aromatic rings. The SMILES string of the molecule is CCOC(=O)C1=C(C)N=c2s/c(=C/c3ccsc3)c(=O)n2[C@H]1c1ccccc1. The lowest BCUT2D eigenvalue weighted by Gasteiger charge is -2.24. The third-order valence-electron chi connectivity index (χ3n) is 4.47. The molecule has 0 aliphatic carbocycles. The molecule has 5 nitrogen and oxygen atoms in total. The molecule has 0 saturated carbocycles. The average Bonchev–Trinajstić information content (AvgIpc) is 3.30. The Balaban J connectivity index is 1.97. The van der Waals surface area contributed by atoms with Crippen LogP contribution in [-0.4, -0.2) is 17.1 Å². The lowest BCUT2D eigenvalue weighted by atomic mass is 9.96. The first-order chi connectivity index (χ1) is 13.6. The van der Waals surface area contributed by atoms with Crippen molar-refractivity contribution in [3.05, 3.63) is 89.2 Å². The van der Waals surface area contributed by atoms with Crippen LogP contribution in [0.25, 0.3) is 6.08 Å². The maximum Gasteiger partial charge on any atom is 0.338 e. The second-order valence-corrected chi connectivity index (χ2v) is 8.06. The summed E-state index contributed by atoms with van der Waals surface area (Å²) in [5, 5.41) is 3.96. The van der Waals surface area contributed by atoms with E-state index in [4.69, 9.17) is 4.74 Å². The Morgan fingerprint density at radius 2 is 2.07 bits per heavy atom. The van der Waals surface area contributed by atoms with E-state index in [-0.39, 0.29) is 12.2 Å². The van der Waals surface area contributed by atoms with Gasteiger partial charge >= 0.3 is 5.97 Å². The summed E-state index contributed by atoms with van der Waals surface area (Å²) in [6, 6.07) is 10.9. The van der Waals surface area contributed by atoms with Gasteiger partial charge in [0.25, 0.3) is 5.56 Å². The van der Waals surface area contributed by atoms with E-state index in [1.165, 1.54) is 11.3 Å². The van der Waals surface area contributed by atoms with Crippen LogP contribution < -0.4 is 14.9 Å². The standard InChI is InChI=1S/C21H18N2O3S2/c1-3-26-20(25)17-13(2)22-21-23(18(17)15-7-5-4-6-8-15)19(24)16(28-21)11-14-9-10-27-12-14/h4-12,18H,3H2,1-2H3/b16-11+/t18-/m0/s1. The molecule has 7 heteroatoms. The molecule has 1 aliphatic heterocycles. The van der Waals surface area contributed by atoms with Gasteiger partial charge in [0, 0.05) is 0 Å². The topological polar surface area (TPSA) is 60.7 Å². The molecule has 142 valence electrons. The summed E-state index contributed by atoms with van der Waals surface area (Å²) < 4.78 is 7.48. The van der Waals surface area contributed by atoms with Gasteiger partial charge in [-0.05, 0) is 47.9 Å². The van der Waals surface area contributed by atoms with Crippen LogP contribution in [0.4, 0.5) is 0 Å². The van der Waals surface area contributed by atoms with Crippen LogP contribution >= 0.6 is 22.7 Å². The summed E-state index contributed by atoms with van der Waals surface area (Å²) in [5.41, 5.74) is 2.66. The fraction of sp³-hybridized carbons (Fsp3) is 0.190. The maximum atomic E-state index is 13.3. The zero-order valence-corrected chi connectivity index (χ0v) is 17.0. The van der Waals surface area contributed by atoms with E-state index < -0.39 is 12.0 Å². The third-order valence-corrected chi connectivity index (χ3v) is 6.16. The quantitative estimate of drug-likeness (QED) is 0.622. The predicted molar refractivity (Wildman–Crippen MR) is 111 cm³/mol. The first-order valence-electron chi connectivity index (χ1n) is 8.87. The minimum Gasteiger partial charge on any atom is -0.463 e. The van der Waals surface area contributed by atoms with E-state index in [2.05, 4.69) is 4.99 Å². The number of esters is 1. The first-order valence-corrected chi connectivity index (χ1v) is 10.6. The molecule has 0 bridgehead atoms. The highest BCUT2D eigenvalue weighted by Crippen LogP contribution is 2.30. The smallest absolute Gasteiger partial charge is 0.338 e. The van der Waals surface area contributed by atoms with Gasteiger partial charge in [-0.25, -0.2) is 9.79 Å². The van der Waals surface area contributed by atoms with E-state index in [9.17, 15) is 9.59 Å². The predicted octanol–water partition coefficient (Wildman–Crippen LogP) is 2.86. The van der Waals surface area contributed by atoms with Gasteiger partial charge in [-0.1, -0.05) is 41.7 Å². The van der Waals surface area contributed by atoms with Crippen LogP contribution in [-0.2, 0) is 9.53 Å². The van der Waals surface area contributed by atoms with Crippen LogP contribution in [0.15, 0.2) is 68.2 Å². The largest absolute Gasteiger partial charge is 0.463 e. The molecule has 0 unspecified atom stereocenters. The number of nitrogens with zero attached hydrogens (tertiary/aromatic N) is 2.